The third-order valence-electron chi connectivity index (χ3n) is 5.98. The molecule has 12 heteroatoms. The van der Waals surface area contributed by atoms with Gasteiger partial charge in [-0.05, 0) is 48.8 Å². The first kappa shape index (κ1) is 24.1. The average molecular weight is 518 g/mol. The fourth-order valence-electron chi connectivity index (χ4n) is 4.06. The maximum atomic E-state index is 13.2. The molecule has 0 saturated carbocycles. The van der Waals surface area contributed by atoms with Crippen LogP contribution in [-0.2, 0) is 0 Å². The van der Waals surface area contributed by atoms with E-state index in [1.165, 1.54) is 4.90 Å². The highest BCUT2D eigenvalue weighted by atomic mass is 32.1. The van der Waals surface area contributed by atoms with Gasteiger partial charge in [0.1, 0.15) is 10.8 Å². The van der Waals surface area contributed by atoms with Gasteiger partial charge in [0.25, 0.3) is 11.8 Å². The Morgan fingerprint density at radius 3 is 2.46 bits per heavy atom. The fraction of sp³-hybridized carbons (Fsp3) is 0.200. The van der Waals surface area contributed by atoms with Crippen molar-refractivity contribution < 1.29 is 19.5 Å². The number of fused-ring (bicyclic) bond motifs is 1. The normalized spacial score (nSPS) is 13.4. The number of piperazine rings is 1. The van der Waals surface area contributed by atoms with Gasteiger partial charge in [-0.15, -0.1) is 0 Å². The van der Waals surface area contributed by atoms with E-state index in [2.05, 4.69) is 25.0 Å². The summed E-state index contributed by atoms with van der Waals surface area (Å²) in [5.41, 5.74) is 3.30. The van der Waals surface area contributed by atoms with Gasteiger partial charge in [0.05, 0.1) is 28.5 Å². The molecule has 3 amide bonds. The van der Waals surface area contributed by atoms with E-state index in [4.69, 9.17) is 5.11 Å². The van der Waals surface area contributed by atoms with Gasteiger partial charge in [0.15, 0.2) is 0 Å². The van der Waals surface area contributed by atoms with Crippen molar-refractivity contribution in [3.8, 4) is 0 Å². The number of carbonyl (C=O) groups excluding carboxylic acids is 2. The Morgan fingerprint density at radius 2 is 1.70 bits per heavy atom. The molecular formula is C25H23N7O4S. The van der Waals surface area contributed by atoms with Crippen LogP contribution < -0.4 is 10.6 Å². The number of aromatic nitrogens is 3. The largest absolute Gasteiger partial charge is 0.465 e. The molecule has 1 aliphatic heterocycles. The lowest BCUT2D eigenvalue weighted by atomic mass is 10.1. The molecular weight excluding hydrogens is 494 g/mol. The van der Waals surface area contributed by atoms with E-state index in [1.807, 2.05) is 24.3 Å². The van der Waals surface area contributed by atoms with Crippen molar-refractivity contribution >= 4 is 57.0 Å². The van der Waals surface area contributed by atoms with Gasteiger partial charge in [-0.25, -0.2) is 9.78 Å². The van der Waals surface area contributed by atoms with Crippen LogP contribution in [0.3, 0.4) is 0 Å². The number of rotatable bonds is 5. The van der Waals surface area contributed by atoms with Crippen LogP contribution in [0.15, 0.2) is 54.7 Å². The molecule has 1 fully saturated rings. The number of carboxylic acid groups (broad SMARTS) is 1. The van der Waals surface area contributed by atoms with Crippen LogP contribution in [0.25, 0.3) is 11.0 Å². The summed E-state index contributed by atoms with van der Waals surface area (Å²) >= 11 is 1.15. The minimum atomic E-state index is -0.989. The van der Waals surface area contributed by atoms with Gasteiger partial charge in [-0.3, -0.25) is 14.6 Å². The zero-order chi connectivity index (χ0) is 25.9. The number of anilines is 3. The van der Waals surface area contributed by atoms with E-state index in [0.29, 0.717) is 46.4 Å². The highest BCUT2D eigenvalue weighted by Gasteiger charge is 2.25. The predicted octanol–water partition coefficient (Wildman–Crippen LogP) is 3.83. The summed E-state index contributed by atoms with van der Waals surface area (Å²) in [4.78, 5) is 49.1. The van der Waals surface area contributed by atoms with Crippen molar-refractivity contribution in [2.45, 2.75) is 6.92 Å². The number of nitrogens with zero attached hydrogens (tertiary/aromatic N) is 5. The van der Waals surface area contributed by atoms with E-state index < -0.39 is 6.09 Å². The van der Waals surface area contributed by atoms with E-state index in [-0.39, 0.29) is 24.9 Å². The molecule has 188 valence electrons. The first-order valence-corrected chi connectivity index (χ1v) is 12.3. The van der Waals surface area contributed by atoms with Crippen molar-refractivity contribution in [3.05, 3.63) is 71.5 Å². The number of nitrogens with one attached hydrogen (secondary N) is 2. The van der Waals surface area contributed by atoms with Crippen LogP contribution in [0.1, 0.15) is 26.4 Å². The van der Waals surface area contributed by atoms with Gasteiger partial charge >= 0.3 is 6.09 Å². The molecule has 0 atom stereocenters. The maximum absolute atomic E-state index is 13.2. The van der Waals surface area contributed by atoms with Crippen LogP contribution >= 0.6 is 11.5 Å². The molecule has 0 bridgehead atoms. The molecule has 2 aromatic heterocycles. The summed E-state index contributed by atoms with van der Waals surface area (Å²) in [6.45, 7) is 2.90. The first-order chi connectivity index (χ1) is 17.9. The highest BCUT2D eigenvalue weighted by molar-refractivity contribution is 7.10. The van der Waals surface area contributed by atoms with Crippen LogP contribution in [0.4, 0.5) is 21.3 Å². The minimum absolute atomic E-state index is 0.216. The number of benzene rings is 2. The molecule has 2 aromatic carbocycles. The highest BCUT2D eigenvalue weighted by Crippen LogP contribution is 2.29. The Labute approximate surface area is 215 Å². The zero-order valence-electron chi connectivity index (χ0n) is 19.8. The second-order valence-corrected chi connectivity index (χ2v) is 9.21. The summed E-state index contributed by atoms with van der Waals surface area (Å²) in [7, 11) is 0. The first-order valence-electron chi connectivity index (χ1n) is 11.5. The van der Waals surface area contributed by atoms with E-state index >= 15 is 0 Å². The number of aryl methyl sites for hydroxylation is 1. The standard InChI is InChI=1S/C25H23N7O4S/c1-15-21(23(37-30-15)29-20-14-26-18-7-2-3-8-19(18)28-20)22(33)27-17-6-4-5-16(13-17)24(34)31-9-11-32(12-10-31)25(35)36/h2-8,13-14H,9-12H2,1H3,(H,27,33)(H,28,29)(H,35,36). The van der Waals surface area contributed by atoms with E-state index in [0.717, 1.165) is 22.6 Å². The Bertz CT molecular complexity index is 1500. The summed E-state index contributed by atoms with van der Waals surface area (Å²) in [5, 5.41) is 15.6. The molecule has 3 heterocycles. The minimum Gasteiger partial charge on any atom is -0.465 e. The molecule has 5 rings (SSSR count). The van der Waals surface area contributed by atoms with Crippen molar-refractivity contribution in [2.24, 2.45) is 0 Å². The number of carbonyl (C=O) groups is 3. The molecule has 4 aromatic rings. The van der Waals surface area contributed by atoms with Gasteiger partial charge in [-0.1, -0.05) is 18.2 Å². The molecule has 37 heavy (non-hydrogen) atoms. The summed E-state index contributed by atoms with van der Waals surface area (Å²) < 4.78 is 4.33. The number of hydrogen-bond acceptors (Lipinski definition) is 8. The van der Waals surface area contributed by atoms with E-state index in [9.17, 15) is 14.4 Å². The lowest BCUT2D eigenvalue weighted by Crippen LogP contribution is -2.50. The summed E-state index contributed by atoms with van der Waals surface area (Å²) in [5.74, 6) is -0.0964. The topological polar surface area (TPSA) is 141 Å². The Kier molecular flexibility index (Phi) is 6.64. The lowest BCUT2D eigenvalue weighted by Gasteiger charge is -2.33. The summed E-state index contributed by atoms with van der Waals surface area (Å²) in [6.07, 6.45) is 0.612. The van der Waals surface area contributed by atoms with Crippen molar-refractivity contribution in [3.63, 3.8) is 0 Å². The second kappa shape index (κ2) is 10.2. The molecule has 0 unspecified atom stereocenters. The number of hydrogen-bond donors (Lipinski definition) is 3. The van der Waals surface area contributed by atoms with Crippen molar-refractivity contribution in [1.29, 1.82) is 0 Å². The van der Waals surface area contributed by atoms with Gasteiger partial charge < -0.3 is 25.5 Å². The Hall–Kier alpha value is -4.58. The molecule has 3 N–H and O–H groups in total. The van der Waals surface area contributed by atoms with Gasteiger partial charge in [0, 0.05) is 37.4 Å². The van der Waals surface area contributed by atoms with E-state index in [1.54, 1.807) is 42.3 Å². The fourth-order valence-corrected chi connectivity index (χ4v) is 4.86. The summed E-state index contributed by atoms with van der Waals surface area (Å²) in [6, 6.07) is 14.2. The Morgan fingerprint density at radius 1 is 0.973 bits per heavy atom. The van der Waals surface area contributed by atoms with Crippen LogP contribution in [0.5, 0.6) is 0 Å². The molecule has 0 radical (unpaired) electrons. The molecule has 1 saturated heterocycles. The molecule has 11 nitrogen and oxygen atoms in total. The number of para-hydroxylation sites is 2. The number of amides is 3. The molecule has 0 aliphatic carbocycles. The Balaban J connectivity index is 1.30. The quantitative estimate of drug-likeness (QED) is 0.363. The van der Waals surface area contributed by atoms with Crippen LogP contribution in [0, 0.1) is 6.92 Å². The average Bonchev–Trinajstić information content (AvgIpc) is 3.28. The molecule has 1 aliphatic rings. The lowest BCUT2D eigenvalue weighted by molar-refractivity contribution is 0.0625. The van der Waals surface area contributed by atoms with Crippen LogP contribution in [0.2, 0.25) is 0 Å². The van der Waals surface area contributed by atoms with Crippen molar-refractivity contribution in [2.75, 3.05) is 36.8 Å². The SMILES string of the molecule is Cc1nsc(Nc2cnc3ccccc3n2)c1C(=O)Nc1cccc(C(=O)N2CCN(C(=O)O)CC2)c1. The van der Waals surface area contributed by atoms with Gasteiger partial charge in [-0.2, -0.15) is 4.37 Å². The zero-order valence-corrected chi connectivity index (χ0v) is 20.7. The van der Waals surface area contributed by atoms with Crippen molar-refractivity contribution in [1.82, 2.24) is 24.1 Å². The maximum Gasteiger partial charge on any atom is 0.407 e. The van der Waals surface area contributed by atoms with Crippen LogP contribution in [-0.4, -0.2) is 73.3 Å². The second-order valence-electron chi connectivity index (χ2n) is 8.44. The third-order valence-corrected chi connectivity index (χ3v) is 6.84. The smallest absolute Gasteiger partial charge is 0.407 e. The molecule has 0 spiro atoms. The predicted molar refractivity (Wildman–Crippen MR) is 140 cm³/mol. The van der Waals surface area contributed by atoms with Gasteiger partial charge in [0.2, 0.25) is 0 Å². The monoisotopic (exact) mass is 517 g/mol. The third kappa shape index (κ3) is 5.19.